The molecule has 5 nitrogen and oxygen atoms in total. The second kappa shape index (κ2) is 9.64. The summed E-state index contributed by atoms with van der Waals surface area (Å²) in [6.07, 6.45) is 0. The van der Waals surface area contributed by atoms with Crippen LogP contribution in [-0.2, 0) is 17.3 Å². The molecule has 0 aromatic heterocycles. The van der Waals surface area contributed by atoms with Gasteiger partial charge in [0.2, 0.25) is 0 Å². The van der Waals surface area contributed by atoms with Crippen LogP contribution in [0, 0.1) is 11.6 Å². The lowest BCUT2D eigenvalue weighted by atomic mass is 10.1. The molecule has 1 heterocycles. The van der Waals surface area contributed by atoms with Crippen molar-refractivity contribution in [1.29, 1.82) is 0 Å². The third kappa shape index (κ3) is 4.53. The minimum atomic E-state index is -1.71. The van der Waals surface area contributed by atoms with Crippen LogP contribution in [0.15, 0.2) is 94.7 Å². The highest BCUT2D eigenvalue weighted by Gasteiger charge is 2.31. The molecule has 0 spiro atoms. The van der Waals surface area contributed by atoms with Crippen molar-refractivity contribution in [2.45, 2.75) is 16.3 Å². The SMILES string of the molecule is O=C(Nc1cc(F)ccc1F)c1ccc2c(c1)N(Cc1cccc(Cl)c1)C(=O)c1ccccc1[S@@]2=O. The lowest BCUT2D eigenvalue weighted by Gasteiger charge is -2.24. The van der Waals surface area contributed by atoms with E-state index in [9.17, 15) is 22.6 Å². The lowest BCUT2D eigenvalue weighted by molar-refractivity contribution is 0.0979. The van der Waals surface area contributed by atoms with Gasteiger partial charge in [-0.25, -0.2) is 13.0 Å². The summed E-state index contributed by atoms with van der Waals surface area (Å²) in [4.78, 5) is 28.7. The fourth-order valence-corrected chi connectivity index (χ4v) is 5.52. The second-order valence-corrected chi connectivity index (χ2v) is 9.90. The molecule has 36 heavy (non-hydrogen) atoms. The molecule has 1 aliphatic rings. The van der Waals surface area contributed by atoms with Gasteiger partial charge in [0.25, 0.3) is 11.8 Å². The molecule has 1 aliphatic heterocycles. The zero-order chi connectivity index (χ0) is 25.4. The molecule has 1 N–H and O–H groups in total. The second-order valence-electron chi connectivity index (χ2n) is 8.05. The summed E-state index contributed by atoms with van der Waals surface area (Å²) in [7, 11) is -1.71. The van der Waals surface area contributed by atoms with Crippen molar-refractivity contribution in [1.82, 2.24) is 0 Å². The molecule has 0 saturated heterocycles. The molecule has 4 aromatic rings. The van der Waals surface area contributed by atoms with E-state index in [1.54, 1.807) is 48.5 Å². The Bertz CT molecular complexity index is 1560. The molecule has 9 heteroatoms. The Kier molecular flexibility index (Phi) is 6.38. The largest absolute Gasteiger partial charge is 0.319 e. The van der Waals surface area contributed by atoms with Crippen molar-refractivity contribution in [3.8, 4) is 0 Å². The topological polar surface area (TPSA) is 66.5 Å². The van der Waals surface area contributed by atoms with E-state index in [1.807, 2.05) is 0 Å². The highest BCUT2D eigenvalue weighted by atomic mass is 35.5. The highest BCUT2D eigenvalue weighted by Crippen LogP contribution is 2.36. The number of hydrogen-bond acceptors (Lipinski definition) is 3. The molecule has 5 rings (SSSR count). The van der Waals surface area contributed by atoms with Crippen LogP contribution in [0.3, 0.4) is 0 Å². The van der Waals surface area contributed by atoms with Gasteiger partial charge in [0.1, 0.15) is 11.6 Å². The van der Waals surface area contributed by atoms with Gasteiger partial charge in [-0.05, 0) is 60.2 Å². The van der Waals surface area contributed by atoms with Crippen LogP contribution in [-0.4, -0.2) is 16.0 Å². The number of rotatable bonds is 4. The van der Waals surface area contributed by atoms with Crippen molar-refractivity contribution < 1.29 is 22.6 Å². The van der Waals surface area contributed by atoms with E-state index >= 15 is 0 Å². The van der Waals surface area contributed by atoms with Crippen LogP contribution >= 0.6 is 11.6 Å². The van der Waals surface area contributed by atoms with E-state index < -0.39 is 34.2 Å². The predicted octanol–water partition coefficient (Wildman–Crippen LogP) is 6.20. The average Bonchev–Trinajstić information content (AvgIpc) is 2.95. The maximum absolute atomic E-state index is 14.1. The summed E-state index contributed by atoms with van der Waals surface area (Å²) in [5.74, 6) is -2.62. The van der Waals surface area contributed by atoms with E-state index in [1.165, 1.54) is 23.1 Å². The number of benzene rings is 4. The van der Waals surface area contributed by atoms with E-state index in [4.69, 9.17) is 11.6 Å². The van der Waals surface area contributed by atoms with Crippen LogP contribution in [0.1, 0.15) is 26.3 Å². The molecular weight excluding hydrogens is 506 g/mol. The van der Waals surface area contributed by atoms with E-state index in [-0.39, 0.29) is 29.0 Å². The van der Waals surface area contributed by atoms with E-state index in [0.717, 1.165) is 23.8 Å². The summed E-state index contributed by atoms with van der Waals surface area (Å²) in [6.45, 7) is 0.0987. The van der Waals surface area contributed by atoms with Crippen LogP contribution in [0.5, 0.6) is 0 Å². The monoisotopic (exact) mass is 522 g/mol. The summed E-state index contributed by atoms with van der Waals surface area (Å²) in [6, 6.07) is 20.7. The van der Waals surface area contributed by atoms with Crippen molar-refractivity contribution >= 4 is 45.6 Å². The summed E-state index contributed by atoms with van der Waals surface area (Å²) in [5, 5.41) is 2.84. The van der Waals surface area contributed by atoms with Gasteiger partial charge >= 0.3 is 0 Å². The van der Waals surface area contributed by atoms with Crippen LogP contribution in [0.4, 0.5) is 20.2 Å². The Hall–Kier alpha value is -3.88. The Labute approximate surface area is 212 Å². The molecule has 0 unspecified atom stereocenters. The third-order valence-electron chi connectivity index (χ3n) is 5.68. The van der Waals surface area contributed by atoms with Crippen molar-refractivity contribution in [3.05, 3.63) is 118 Å². The highest BCUT2D eigenvalue weighted by molar-refractivity contribution is 7.85. The molecule has 4 aromatic carbocycles. The number of anilines is 2. The summed E-state index contributed by atoms with van der Waals surface area (Å²) >= 11 is 6.14. The number of carbonyl (C=O) groups excluding carboxylic acids is 2. The quantitative estimate of drug-likeness (QED) is 0.347. The number of carbonyl (C=O) groups is 2. The molecule has 180 valence electrons. The van der Waals surface area contributed by atoms with Crippen LogP contribution < -0.4 is 10.2 Å². The number of hydrogen-bond donors (Lipinski definition) is 1. The Morgan fingerprint density at radius 3 is 2.53 bits per heavy atom. The molecule has 0 radical (unpaired) electrons. The first-order valence-electron chi connectivity index (χ1n) is 10.8. The Morgan fingerprint density at radius 1 is 0.917 bits per heavy atom. The zero-order valence-corrected chi connectivity index (χ0v) is 20.1. The first-order chi connectivity index (χ1) is 17.3. The first-order valence-corrected chi connectivity index (χ1v) is 12.3. The normalized spacial score (nSPS) is 14.6. The zero-order valence-electron chi connectivity index (χ0n) is 18.5. The van der Waals surface area contributed by atoms with Crippen LogP contribution in [0.2, 0.25) is 5.02 Å². The Balaban J connectivity index is 1.60. The molecule has 2 amide bonds. The van der Waals surface area contributed by atoms with Gasteiger partial charge in [-0.3, -0.25) is 9.59 Å². The van der Waals surface area contributed by atoms with Gasteiger partial charge in [0, 0.05) is 16.7 Å². The number of nitrogens with one attached hydrogen (secondary N) is 1. The van der Waals surface area contributed by atoms with Gasteiger partial charge < -0.3 is 10.2 Å². The van der Waals surface area contributed by atoms with Gasteiger partial charge in [-0.2, -0.15) is 0 Å². The van der Waals surface area contributed by atoms with Gasteiger partial charge in [-0.1, -0.05) is 35.9 Å². The lowest BCUT2D eigenvalue weighted by Crippen LogP contribution is -2.30. The van der Waals surface area contributed by atoms with Gasteiger partial charge in [-0.15, -0.1) is 0 Å². The average molecular weight is 523 g/mol. The summed E-state index contributed by atoms with van der Waals surface area (Å²) in [5.41, 5.74) is 1.02. The van der Waals surface area contributed by atoms with Gasteiger partial charge in [0.15, 0.2) is 0 Å². The number of amides is 2. The predicted molar refractivity (Wildman–Crippen MR) is 134 cm³/mol. The molecule has 1 atom stereocenters. The standard InChI is InChI=1S/C27H17ClF2N2O3S/c28-18-5-3-4-16(12-18)15-32-23-13-17(26(33)31-22-14-19(29)9-10-21(22)30)8-11-25(23)36(35)24-7-2-1-6-20(24)27(32)34/h1-14H,15H2,(H,31,33)/t36-/m0/s1. The van der Waals surface area contributed by atoms with Crippen LogP contribution in [0.25, 0.3) is 0 Å². The molecule has 0 bridgehead atoms. The fourth-order valence-electron chi connectivity index (χ4n) is 3.97. The van der Waals surface area contributed by atoms with Crippen molar-refractivity contribution in [2.24, 2.45) is 0 Å². The molecule has 0 aliphatic carbocycles. The fraction of sp³-hybridized carbons (Fsp3) is 0.0370. The van der Waals surface area contributed by atoms with Gasteiger partial charge in [0.05, 0.1) is 44.1 Å². The number of fused-ring (bicyclic) bond motifs is 2. The van der Waals surface area contributed by atoms with Crippen molar-refractivity contribution in [2.75, 3.05) is 10.2 Å². The maximum Gasteiger partial charge on any atom is 0.259 e. The number of halogens is 3. The van der Waals surface area contributed by atoms with E-state index in [0.29, 0.717) is 14.8 Å². The third-order valence-corrected chi connectivity index (χ3v) is 7.42. The maximum atomic E-state index is 14.1. The minimum absolute atomic E-state index is 0.0734. The number of nitrogens with zero attached hydrogens (tertiary/aromatic N) is 1. The van der Waals surface area contributed by atoms with E-state index in [2.05, 4.69) is 5.32 Å². The summed E-state index contributed by atoms with van der Waals surface area (Å²) < 4.78 is 41.1. The molecule has 0 fully saturated rings. The van der Waals surface area contributed by atoms with Crippen molar-refractivity contribution in [3.63, 3.8) is 0 Å². The smallest absolute Gasteiger partial charge is 0.259 e. The Morgan fingerprint density at radius 2 is 1.72 bits per heavy atom. The molecule has 0 saturated carbocycles. The molecular formula is C27H17ClF2N2O3S. The first kappa shape index (κ1) is 23.8. The minimum Gasteiger partial charge on any atom is -0.319 e.